The summed E-state index contributed by atoms with van der Waals surface area (Å²) < 4.78 is 32.2. The van der Waals surface area contributed by atoms with Crippen LogP contribution in [-0.4, -0.2) is 37.6 Å². The fourth-order valence-electron chi connectivity index (χ4n) is 2.87. The Morgan fingerprint density at radius 2 is 1.93 bits per heavy atom. The summed E-state index contributed by atoms with van der Waals surface area (Å²) in [7, 11) is -3.95. The van der Waals surface area contributed by atoms with Gasteiger partial charge in [0.15, 0.2) is 4.90 Å². The van der Waals surface area contributed by atoms with Crippen molar-refractivity contribution in [1.29, 1.82) is 0 Å². The molecule has 0 radical (unpaired) electrons. The van der Waals surface area contributed by atoms with Gasteiger partial charge in [0.2, 0.25) is 10.0 Å². The van der Waals surface area contributed by atoms with Crippen molar-refractivity contribution in [2.75, 3.05) is 6.54 Å². The van der Waals surface area contributed by atoms with Crippen LogP contribution in [0.15, 0.2) is 29.2 Å². The Morgan fingerprint density at radius 1 is 1.30 bits per heavy atom. The molecule has 0 unspecified atom stereocenters. The predicted octanol–water partition coefficient (Wildman–Crippen LogP) is 2.57. The van der Waals surface area contributed by atoms with Crippen molar-refractivity contribution in [3.05, 3.63) is 34.4 Å². The maximum Gasteiger partial charge on any atom is 0.407 e. The van der Waals surface area contributed by atoms with Gasteiger partial charge in [0.25, 0.3) is 5.69 Å². The summed E-state index contributed by atoms with van der Waals surface area (Å²) in [5.74, 6) is 0.276. The maximum absolute atomic E-state index is 12.3. The molecule has 1 aliphatic rings. The molecule has 0 aromatic heterocycles. The average Bonchev–Trinajstić information content (AvgIpc) is 2.50. The van der Waals surface area contributed by atoms with Gasteiger partial charge in [-0.3, -0.25) is 10.1 Å². The molecule has 0 atom stereocenters. The number of rotatable bonds is 7. The number of carbonyl (C=O) groups excluding carboxylic acids is 1. The van der Waals surface area contributed by atoms with Crippen molar-refractivity contribution < 1.29 is 22.9 Å². The number of ether oxygens (including phenoxy) is 1. The maximum atomic E-state index is 12.3. The number of nitrogens with zero attached hydrogens (tertiary/aromatic N) is 1. The van der Waals surface area contributed by atoms with E-state index in [2.05, 4.69) is 10.0 Å². The summed E-state index contributed by atoms with van der Waals surface area (Å²) in [5, 5.41) is 13.8. The molecular formula is C17H25N3O6S. The smallest absolute Gasteiger partial charge is 0.407 e. The van der Waals surface area contributed by atoms with Crippen LogP contribution in [-0.2, 0) is 14.8 Å². The largest absolute Gasteiger partial charge is 0.444 e. The van der Waals surface area contributed by atoms with E-state index in [0.29, 0.717) is 6.42 Å². The van der Waals surface area contributed by atoms with E-state index in [1.54, 1.807) is 20.8 Å². The first-order valence-electron chi connectivity index (χ1n) is 8.70. The van der Waals surface area contributed by atoms with Crippen LogP contribution >= 0.6 is 0 Å². The Kier molecular flexibility index (Phi) is 6.42. The predicted molar refractivity (Wildman–Crippen MR) is 98.8 cm³/mol. The molecule has 150 valence electrons. The number of nitro benzene ring substituents is 1. The minimum absolute atomic E-state index is 0.0247. The lowest BCUT2D eigenvalue weighted by Gasteiger charge is -2.36. The van der Waals surface area contributed by atoms with E-state index >= 15 is 0 Å². The van der Waals surface area contributed by atoms with Gasteiger partial charge in [0, 0.05) is 18.7 Å². The molecule has 10 heteroatoms. The zero-order chi connectivity index (χ0) is 20.2. The van der Waals surface area contributed by atoms with Crippen molar-refractivity contribution in [3.63, 3.8) is 0 Å². The van der Waals surface area contributed by atoms with Crippen LogP contribution in [0.3, 0.4) is 0 Å². The van der Waals surface area contributed by atoms with Crippen molar-refractivity contribution in [1.82, 2.24) is 10.0 Å². The fraction of sp³-hybridized carbons (Fsp3) is 0.588. The molecule has 1 aromatic rings. The highest BCUT2D eigenvalue weighted by molar-refractivity contribution is 7.89. The van der Waals surface area contributed by atoms with Crippen LogP contribution in [0.1, 0.15) is 40.0 Å². The minimum atomic E-state index is -3.95. The molecule has 0 spiro atoms. The third kappa shape index (κ3) is 6.17. The van der Waals surface area contributed by atoms with Crippen molar-refractivity contribution in [2.45, 2.75) is 56.6 Å². The van der Waals surface area contributed by atoms with Gasteiger partial charge in [-0.2, -0.15) is 0 Å². The number of nitrogens with one attached hydrogen (secondary N) is 2. The monoisotopic (exact) mass is 399 g/mol. The van der Waals surface area contributed by atoms with Crippen LogP contribution in [0.4, 0.5) is 10.5 Å². The molecule has 0 saturated heterocycles. The molecule has 9 nitrogen and oxygen atoms in total. The number of nitro groups is 1. The molecule has 1 aromatic carbocycles. The number of amides is 1. The number of para-hydroxylation sites is 1. The minimum Gasteiger partial charge on any atom is -0.444 e. The molecule has 1 fully saturated rings. The Bertz CT molecular complexity index is 797. The number of benzene rings is 1. The number of hydrogen-bond acceptors (Lipinski definition) is 6. The van der Waals surface area contributed by atoms with Gasteiger partial charge in [-0.15, -0.1) is 0 Å². The lowest BCUT2D eigenvalue weighted by atomic mass is 9.78. The molecule has 27 heavy (non-hydrogen) atoms. The molecular weight excluding hydrogens is 374 g/mol. The molecule has 0 aliphatic heterocycles. The number of sulfonamides is 1. The summed E-state index contributed by atoms with van der Waals surface area (Å²) in [4.78, 5) is 21.6. The fourth-order valence-corrected chi connectivity index (χ4v) is 4.09. The summed E-state index contributed by atoms with van der Waals surface area (Å²) in [5.41, 5.74) is -0.999. The molecule has 1 saturated carbocycles. The normalized spacial score (nSPS) is 19.8. The molecule has 2 N–H and O–H groups in total. The van der Waals surface area contributed by atoms with Gasteiger partial charge in [-0.25, -0.2) is 17.9 Å². The number of alkyl carbamates (subject to hydrolysis) is 1. The van der Waals surface area contributed by atoms with Gasteiger partial charge in [0.1, 0.15) is 5.60 Å². The average molecular weight is 399 g/mol. The SMILES string of the molecule is CC(C)(C)OC(=O)NC1CC(CCNS(=O)(=O)c2ccccc2[N+](=O)[O-])C1. The van der Waals surface area contributed by atoms with Crippen LogP contribution in [0.5, 0.6) is 0 Å². The Balaban J connectivity index is 1.77. The zero-order valence-corrected chi connectivity index (χ0v) is 16.4. The molecule has 2 rings (SSSR count). The second kappa shape index (κ2) is 8.22. The van der Waals surface area contributed by atoms with E-state index < -0.39 is 32.3 Å². The van der Waals surface area contributed by atoms with Crippen molar-refractivity contribution in [3.8, 4) is 0 Å². The lowest BCUT2D eigenvalue weighted by Crippen LogP contribution is -2.46. The first kappa shape index (κ1) is 21.1. The van der Waals surface area contributed by atoms with E-state index in [9.17, 15) is 23.3 Å². The van der Waals surface area contributed by atoms with Gasteiger partial charge in [0.05, 0.1) is 4.92 Å². The van der Waals surface area contributed by atoms with E-state index in [4.69, 9.17) is 4.74 Å². The molecule has 0 heterocycles. The standard InChI is InChI=1S/C17H25N3O6S/c1-17(2,3)26-16(21)19-13-10-12(11-13)8-9-18-27(24,25)15-7-5-4-6-14(15)20(22)23/h4-7,12-13,18H,8-11H2,1-3H3,(H,19,21). The zero-order valence-electron chi connectivity index (χ0n) is 15.6. The third-order valence-corrected chi connectivity index (χ3v) is 5.66. The second-order valence-corrected chi connectivity index (χ2v) is 9.33. The highest BCUT2D eigenvalue weighted by Gasteiger charge is 2.32. The summed E-state index contributed by atoms with van der Waals surface area (Å²) in [6.45, 7) is 5.55. The van der Waals surface area contributed by atoms with Crippen molar-refractivity contribution >= 4 is 21.8 Å². The Morgan fingerprint density at radius 3 is 2.52 bits per heavy atom. The third-order valence-electron chi connectivity index (χ3n) is 4.15. The van der Waals surface area contributed by atoms with Crippen LogP contribution in [0.2, 0.25) is 0 Å². The molecule has 1 aliphatic carbocycles. The number of carbonyl (C=O) groups is 1. The van der Waals surface area contributed by atoms with Gasteiger partial charge in [-0.1, -0.05) is 12.1 Å². The van der Waals surface area contributed by atoms with Crippen LogP contribution in [0.25, 0.3) is 0 Å². The Labute approximate surface area is 158 Å². The summed E-state index contributed by atoms with van der Waals surface area (Å²) in [6, 6.07) is 5.26. The first-order chi connectivity index (χ1) is 12.5. The van der Waals surface area contributed by atoms with Gasteiger partial charge >= 0.3 is 6.09 Å². The van der Waals surface area contributed by atoms with E-state index in [0.717, 1.165) is 18.9 Å². The Hall–Kier alpha value is -2.20. The molecule has 1 amide bonds. The van der Waals surface area contributed by atoms with E-state index in [-0.39, 0.29) is 23.4 Å². The topological polar surface area (TPSA) is 128 Å². The summed E-state index contributed by atoms with van der Waals surface area (Å²) >= 11 is 0. The lowest BCUT2D eigenvalue weighted by molar-refractivity contribution is -0.387. The van der Waals surface area contributed by atoms with Crippen LogP contribution < -0.4 is 10.0 Å². The summed E-state index contributed by atoms with van der Waals surface area (Å²) in [6.07, 6.45) is 1.62. The first-order valence-corrected chi connectivity index (χ1v) is 10.2. The quantitative estimate of drug-likeness (QED) is 0.536. The highest BCUT2D eigenvalue weighted by Crippen LogP contribution is 2.30. The molecule has 0 bridgehead atoms. The second-order valence-electron chi connectivity index (χ2n) is 7.59. The van der Waals surface area contributed by atoms with Gasteiger partial charge in [-0.05, 0) is 52.0 Å². The van der Waals surface area contributed by atoms with Gasteiger partial charge < -0.3 is 10.1 Å². The number of hydrogen-bond donors (Lipinski definition) is 2. The highest BCUT2D eigenvalue weighted by atomic mass is 32.2. The van der Waals surface area contributed by atoms with E-state index in [1.165, 1.54) is 18.2 Å². The van der Waals surface area contributed by atoms with E-state index in [1.807, 2.05) is 0 Å². The van der Waals surface area contributed by atoms with Crippen molar-refractivity contribution in [2.24, 2.45) is 5.92 Å². The van der Waals surface area contributed by atoms with Crippen LogP contribution in [0, 0.1) is 16.0 Å².